The minimum atomic E-state index is 0. The molecule has 0 saturated heterocycles. The number of hydrogen-bond donors (Lipinski definition) is 2. The molecule has 0 unspecified atom stereocenters. The van der Waals surface area contributed by atoms with Crippen LogP contribution >= 0.6 is 35.3 Å². The van der Waals surface area contributed by atoms with Crippen molar-refractivity contribution >= 4 is 41.3 Å². The number of halogens is 1. The largest absolute Gasteiger partial charge is 0.357 e. The van der Waals surface area contributed by atoms with Crippen molar-refractivity contribution in [3.8, 4) is 0 Å². The number of hydrogen-bond acceptors (Lipinski definition) is 4. The third-order valence-corrected chi connectivity index (χ3v) is 4.65. The zero-order chi connectivity index (χ0) is 17.4. The zero-order valence-corrected chi connectivity index (χ0v) is 18.5. The average Bonchev–Trinajstić information content (AvgIpc) is 3.03. The van der Waals surface area contributed by atoms with Crippen LogP contribution in [0.4, 0.5) is 0 Å². The smallest absolute Gasteiger partial charge is 0.191 e. The van der Waals surface area contributed by atoms with E-state index >= 15 is 0 Å². The SMILES string of the molecule is CCNC(=NCc1csc(C(C)(C)C)n1)NCCc1ccccn1.I. The van der Waals surface area contributed by atoms with Gasteiger partial charge in [0.2, 0.25) is 0 Å². The molecule has 7 heteroatoms. The van der Waals surface area contributed by atoms with Crippen molar-refractivity contribution in [1.29, 1.82) is 0 Å². The Morgan fingerprint density at radius 1 is 1.20 bits per heavy atom. The molecule has 5 nitrogen and oxygen atoms in total. The van der Waals surface area contributed by atoms with Crippen LogP contribution in [-0.2, 0) is 18.4 Å². The van der Waals surface area contributed by atoms with E-state index < -0.39 is 0 Å². The maximum Gasteiger partial charge on any atom is 0.191 e. The maximum absolute atomic E-state index is 4.69. The summed E-state index contributed by atoms with van der Waals surface area (Å²) in [5.41, 5.74) is 2.19. The Morgan fingerprint density at radius 3 is 2.60 bits per heavy atom. The van der Waals surface area contributed by atoms with E-state index in [2.05, 4.69) is 58.7 Å². The lowest BCUT2D eigenvalue weighted by Crippen LogP contribution is -2.38. The summed E-state index contributed by atoms with van der Waals surface area (Å²) in [6, 6.07) is 5.98. The van der Waals surface area contributed by atoms with E-state index in [0.717, 1.165) is 41.9 Å². The molecular weight excluding hydrogens is 445 g/mol. The minimum absolute atomic E-state index is 0. The van der Waals surface area contributed by atoms with Crippen molar-refractivity contribution in [2.75, 3.05) is 13.1 Å². The third-order valence-electron chi connectivity index (χ3n) is 3.34. The van der Waals surface area contributed by atoms with Crippen LogP contribution in [0.1, 0.15) is 44.1 Å². The van der Waals surface area contributed by atoms with E-state index in [1.165, 1.54) is 0 Å². The molecule has 2 aromatic rings. The van der Waals surface area contributed by atoms with E-state index in [-0.39, 0.29) is 29.4 Å². The van der Waals surface area contributed by atoms with Gasteiger partial charge in [0.05, 0.1) is 17.2 Å². The van der Waals surface area contributed by atoms with E-state index in [4.69, 9.17) is 0 Å². The first-order valence-corrected chi connectivity index (χ1v) is 9.24. The highest BCUT2D eigenvalue weighted by atomic mass is 127. The van der Waals surface area contributed by atoms with Gasteiger partial charge in [-0.3, -0.25) is 4.98 Å². The van der Waals surface area contributed by atoms with Crippen molar-refractivity contribution in [1.82, 2.24) is 20.6 Å². The van der Waals surface area contributed by atoms with Gasteiger partial charge in [-0.05, 0) is 19.1 Å². The Bertz CT molecular complexity index is 649. The Labute approximate surface area is 171 Å². The van der Waals surface area contributed by atoms with Gasteiger partial charge in [0.25, 0.3) is 0 Å². The molecule has 0 fully saturated rings. The van der Waals surface area contributed by atoms with Gasteiger partial charge in [0.1, 0.15) is 0 Å². The van der Waals surface area contributed by atoms with Crippen LogP contribution in [0.15, 0.2) is 34.8 Å². The third kappa shape index (κ3) is 7.68. The highest BCUT2D eigenvalue weighted by molar-refractivity contribution is 14.0. The summed E-state index contributed by atoms with van der Waals surface area (Å²) < 4.78 is 0. The van der Waals surface area contributed by atoms with Crippen molar-refractivity contribution in [2.24, 2.45) is 4.99 Å². The highest BCUT2D eigenvalue weighted by Gasteiger charge is 2.17. The normalized spacial score (nSPS) is 11.8. The lowest BCUT2D eigenvalue weighted by Gasteiger charge is -2.13. The molecule has 0 amide bonds. The van der Waals surface area contributed by atoms with E-state index in [9.17, 15) is 0 Å². The number of pyridine rings is 1. The Kier molecular flexibility index (Phi) is 9.34. The molecule has 0 aromatic carbocycles. The lowest BCUT2D eigenvalue weighted by atomic mass is 9.98. The fourth-order valence-electron chi connectivity index (χ4n) is 2.08. The summed E-state index contributed by atoms with van der Waals surface area (Å²) in [5, 5.41) is 9.87. The number of nitrogens with zero attached hydrogens (tertiary/aromatic N) is 3. The molecule has 0 aliphatic heterocycles. The molecule has 0 spiro atoms. The average molecular weight is 473 g/mol. The number of nitrogens with one attached hydrogen (secondary N) is 2. The number of guanidine groups is 1. The van der Waals surface area contributed by atoms with Gasteiger partial charge in [0, 0.05) is 42.2 Å². The second-order valence-electron chi connectivity index (χ2n) is 6.59. The standard InChI is InChI=1S/C18H27N5S.HI/c1-5-19-17(21-11-9-14-8-6-7-10-20-14)22-12-15-13-24-16(23-15)18(2,3)4;/h6-8,10,13H,5,9,11-12H2,1-4H3,(H2,19,21,22);1H. The molecule has 0 bridgehead atoms. The summed E-state index contributed by atoms with van der Waals surface area (Å²) in [5.74, 6) is 0.818. The molecule has 2 aromatic heterocycles. The number of rotatable bonds is 6. The summed E-state index contributed by atoms with van der Waals surface area (Å²) in [4.78, 5) is 13.6. The van der Waals surface area contributed by atoms with Gasteiger partial charge < -0.3 is 10.6 Å². The van der Waals surface area contributed by atoms with Gasteiger partial charge >= 0.3 is 0 Å². The summed E-state index contributed by atoms with van der Waals surface area (Å²) >= 11 is 1.71. The Balaban J connectivity index is 0.00000312. The molecule has 0 radical (unpaired) electrons. The van der Waals surface area contributed by atoms with Gasteiger partial charge in [-0.15, -0.1) is 35.3 Å². The van der Waals surface area contributed by atoms with Crippen LogP contribution in [0, 0.1) is 0 Å². The first kappa shape index (κ1) is 21.8. The lowest BCUT2D eigenvalue weighted by molar-refractivity contribution is 0.583. The van der Waals surface area contributed by atoms with Crippen LogP contribution in [-0.4, -0.2) is 29.0 Å². The zero-order valence-electron chi connectivity index (χ0n) is 15.4. The van der Waals surface area contributed by atoms with Crippen molar-refractivity contribution in [2.45, 2.75) is 46.1 Å². The summed E-state index contributed by atoms with van der Waals surface area (Å²) in [6.45, 7) is 10.8. The molecule has 2 N–H and O–H groups in total. The van der Waals surface area contributed by atoms with Gasteiger partial charge in [-0.1, -0.05) is 26.8 Å². The fraction of sp³-hybridized carbons (Fsp3) is 0.500. The first-order valence-electron chi connectivity index (χ1n) is 8.36. The predicted octanol–water partition coefficient (Wildman–Crippen LogP) is 3.75. The van der Waals surface area contributed by atoms with E-state index in [1.54, 1.807) is 11.3 Å². The van der Waals surface area contributed by atoms with Crippen LogP contribution in [0.3, 0.4) is 0 Å². The second kappa shape index (κ2) is 10.7. The molecule has 2 heterocycles. The van der Waals surface area contributed by atoms with E-state index in [0.29, 0.717) is 6.54 Å². The molecule has 138 valence electrons. The van der Waals surface area contributed by atoms with Crippen molar-refractivity contribution < 1.29 is 0 Å². The van der Waals surface area contributed by atoms with Crippen LogP contribution in [0.5, 0.6) is 0 Å². The van der Waals surface area contributed by atoms with E-state index in [1.807, 2.05) is 24.4 Å². The van der Waals surface area contributed by atoms with Crippen molar-refractivity contribution in [3.63, 3.8) is 0 Å². The summed E-state index contributed by atoms with van der Waals surface area (Å²) in [7, 11) is 0. The minimum Gasteiger partial charge on any atom is -0.357 e. The molecular formula is C18H28IN5S. The maximum atomic E-state index is 4.69. The Hall–Kier alpha value is -1.22. The summed E-state index contributed by atoms with van der Waals surface area (Å²) in [6.07, 6.45) is 2.69. The highest BCUT2D eigenvalue weighted by Crippen LogP contribution is 2.25. The second-order valence-corrected chi connectivity index (χ2v) is 7.45. The molecule has 2 rings (SSSR count). The van der Waals surface area contributed by atoms with Gasteiger partial charge in [0.15, 0.2) is 5.96 Å². The van der Waals surface area contributed by atoms with Crippen molar-refractivity contribution in [3.05, 3.63) is 46.2 Å². The molecule has 0 aliphatic carbocycles. The number of thiazole rings is 1. The first-order chi connectivity index (χ1) is 11.5. The monoisotopic (exact) mass is 473 g/mol. The number of aliphatic imine (C=N–C) groups is 1. The molecule has 0 saturated carbocycles. The topological polar surface area (TPSA) is 62.2 Å². The van der Waals surface area contributed by atoms with Crippen LogP contribution in [0.25, 0.3) is 0 Å². The van der Waals surface area contributed by atoms with Crippen LogP contribution in [0.2, 0.25) is 0 Å². The Morgan fingerprint density at radius 2 is 2.00 bits per heavy atom. The molecule has 0 atom stereocenters. The fourth-order valence-corrected chi connectivity index (χ4v) is 2.98. The quantitative estimate of drug-likeness (QED) is 0.381. The van der Waals surface area contributed by atoms with Gasteiger partial charge in [-0.25, -0.2) is 9.98 Å². The molecule has 0 aliphatic rings. The molecule has 25 heavy (non-hydrogen) atoms. The number of aromatic nitrogens is 2. The predicted molar refractivity (Wildman–Crippen MR) is 117 cm³/mol. The van der Waals surface area contributed by atoms with Gasteiger partial charge in [-0.2, -0.15) is 0 Å². The van der Waals surface area contributed by atoms with Crippen LogP contribution < -0.4 is 10.6 Å².